The minimum absolute atomic E-state index is 0.127. The molecule has 0 aliphatic heterocycles. The molecule has 0 aliphatic rings. The number of fused-ring (bicyclic) bond motifs is 1. The number of rotatable bonds is 5. The van der Waals surface area contributed by atoms with Gasteiger partial charge in [0.1, 0.15) is 5.69 Å². The van der Waals surface area contributed by atoms with Gasteiger partial charge in [-0.05, 0) is 55.7 Å². The summed E-state index contributed by atoms with van der Waals surface area (Å²) in [7, 11) is 0. The summed E-state index contributed by atoms with van der Waals surface area (Å²) in [6.45, 7) is 7.00. The zero-order chi connectivity index (χ0) is 17.1. The van der Waals surface area contributed by atoms with E-state index in [2.05, 4.69) is 34.3 Å². The van der Waals surface area contributed by atoms with Gasteiger partial charge in [0, 0.05) is 29.7 Å². The molecule has 0 unspecified atom stereocenters. The van der Waals surface area contributed by atoms with Crippen molar-refractivity contribution >= 4 is 16.8 Å². The molecule has 0 fully saturated rings. The Morgan fingerprint density at radius 2 is 2.08 bits per heavy atom. The second kappa shape index (κ2) is 6.74. The number of amides is 1. The van der Waals surface area contributed by atoms with Gasteiger partial charge < -0.3 is 15.0 Å². The van der Waals surface area contributed by atoms with E-state index in [0.717, 1.165) is 22.0 Å². The molecule has 2 aromatic heterocycles. The Labute approximate surface area is 141 Å². The Kier molecular flexibility index (Phi) is 4.51. The van der Waals surface area contributed by atoms with Gasteiger partial charge in [0.15, 0.2) is 0 Å². The lowest BCUT2D eigenvalue weighted by Crippen LogP contribution is -2.23. The predicted molar refractivity (Wildman–Crippen MR) is 94.3 cm³/mol. The van der Waals surface area contributed by atoms with Crippen molar-refractivity contribution in [2.24, 2.45) is 0 Å². The molecular formula is C19H21N3O2. The molecule has 3 aromatic rings. The summed E-state index contributed by atoms with van der Waals surface area (Å²) in [4.78, 5) is 19.7. The number of aromatic amines is 1. The summed E-state index contributed by atoms with van der Waals surface area (Å²) in [5, 5.41) is 4.00. The van der Waals surface area contributed by atoms with Crippen LogP contribution in [0.5, 0.6) is 5.88 Å². The number of hydrogen-bond acceptors (Lipinski definition) is 3. The molecule has 0 spiro atoms. The van der Waals surface area contributed by atoms with Gasteiger partial charge in [-0.3, -0.25) is 4.79 Å². The maximum Gasteiger partial charge on any atom is 0.267 e. The van der Waals surface area contributed by atoms with Crippen LogP contribution in [0.3, 0.4) is 0 Å². The van der Waals surface area contributed by atoms with Crippen molar-refractivity contribution in [3.63, 3.8) is 0 Å². The van der Waals surface area contributed by atoms with E-state index in [9.17, 15) is 4.79 Å². The van der Waals surface area contributed by atoms with Gasteiger partial charge in [0.25, 0.3) is 5.91 Å². The third-order valence-electron chi connectivity index (χ3n) is 3.88. The van der Waals surface area contributed by atoms with Crippen molar-refractivity contribution in [1.82, 2.24) is 15.3 Å². The maximum absolute atomic E-state index is 12.4. The molecule has 0 aliphatic carbocycles. The molecule has 124 valence electrons. The summed E-state index contributed by atoms with van der Waals surface area (Å²) in [5.74, 6) is 0.444. The number of nitrogens with one attached hydrogen (secondary N) is 2. The molecule has 0 saturated heterocycles. The molecule has 1 amide bonds. The molecule has 2 heterocycles. The van der Waals surface area contributed by atoms with E-state index in [0.29, 0.717) is 24.7 Å². The quantitative estimate of drug-likeness (QED) is 0.755. The second-order valence-corrected chi connectivity index (χ2v) is 5.84. The maximum atomic E-state index is 12.4. The number of benzene rings is 1. The standard InChI is InChI=1S/C19H21N3O2/c1-4-24-18-9-14(5-6-20-18)11-21-19(23)17-10-15-13(3)7-12(2)8-16(15)22-17/h5-10,22H,4,11H2,1-3H3,(H,21,23). The van der Waals surface area contributed by atoms with Gasteiger partial charge in [-0.2, -0.15) is 0 Å². The van der Waals surface area contributed by atoms with Crippen LogP contribution in [0.25, 0.3) is 10.9 Å². The fourth-order valence-corrected chi connectivity index (χ4v) is 2.79. The number of nitrogens with zero attached hydrogens (tertiary/aromatic N) is 1. The SMILES string of the molecule is CCOc1cc(CNC(=O)c2cc3c(C)cc(C)cc3[nH]2)ccn1. The highest BCUT2D eigenvalue weighted by atomic mass is 16.5. The molecule has 5 heteroatoms. The number of hydrogen-bond donors (Lipinski definition) is 2. The highest BCUT2D eigenvalue weighted by Crippen LogP contribution is 2.21. The van der Waals surface area contributed by atoms with Crippen LogP contribution in [0.15, 0.2) is 36.5 Å². The first-order chi connectivity index (χ1) is 11.6. The van der Waals surface area contributed by atoms with Gasteiger partial charge in [0.05, 0.1) is 6.61 Å². The number of aryl methyl sites for hydroxylation is 2. The molecule has 5 nitrogen and oxygen atoms in total. The number of H-pyrrole nitrogens is 1. The fourth-order valence-electron chi connectivity index (χ4n) is 2.79. The van der Waals surface area contributed by atoms with Gasteiger partial charge in [-0.25, -0.2) is 4.98 Å². The van der Waals surface area contributed by atoms with Crippen LogP contribution in [0, 0.1) is 13.8 Å². The Balaban J connectivity index is 1.73. The number of pyridine rings is 1. The largest absolute Gasteiger partial charge is 0.478 e. The average molecular weight is 323 g/mol. The molecule has 1 aromatic carbocycles. The molecule has 0 saturated carbocycles. The highest BCUT2D eigenvalue weighted by Gasteiger charge is 2.11. The molecule has 0 bridgehead atoms. The zero-order valence-electron chi connectivity index (χ0n) is 14.1. The van der Waals surface area contributed by atoms with Crippen molar-refractivity contribution in [2.75, 3.05) is 6.61 Å². The lowest BCUT2D eigenvalue weighted by Gasteiger charge is -2.06. The third-order valence-corrected chi connectivity index (χ3v) is 3.88. The van der Waals surface area contributed by atoms with Gasteiger partial charge in [-0.15, -0.1) is 0 Å². The van der Waals surface area contributed by atoms with E-state index in [1.54, 1.807) is 6.20 Å². The minimum atomic E-state index is -0.127. The van der Waals surface area contributed by atoms with Gasteiger partial charge in [-0.1, -0.05) is 6.07 Å². The van der Waals surface area contributed by atoms with Crippen LogP contribution in [0.2, 0.25) is 0 Å². The normalized spacial score (nSPS) is 10.8. The molecule has 0 atom stereocenters. The zero-order valence-corrected chi connectivity index (χ0v) is 14.1. The van der Waals surface area contributed by atoms with Crippen molar-refractivity contribution in [2.45, 2.75) is 27.3 Å². The average Bonchev–Trinajstić information content (AvgIpc) is 2.98. The predicted octanol–water partition coefficient (Wildman–Crippen LogP) is 3.51. The van der Waals surface area contributed by atoms with Crippen LogP contribution in [0.4, 0.5) is 0 Å². The number of aromatic nitrogens is 2. The Bertz CT molecular complexity index is 883. The Hall–Kier alpha value is -2.82. The van der Waals surface area contributed by atoms with Crippen LogP contribution < -0.4 is 10.1 Å². The first-order valence-electron chi connectivity index (χ1n) is 8.02. The van der Waals surface area contributed by atoms with Crippen molar-refractivity contribution in [1.29, 1.82) is 0 Å². The van der Waals surface area contributed by atoms with Crippen molar-refractivity contribution in [3.05, 3.63) is 58.9 Å². The van der Waals surface area contributed by atoms with E-state index in [1.807, 2.05) is 32.0 Å². The Morgan fingerprint density at radius 3 is 2.88 bits per heavy atom. The monoisotopic (exact) mass is 323 g/mol. The summed E-state index contributed by atoms with van der Waals surface area (Å²) in [5.41, 5.74) is 4.84. The first-order valence-corrected chi connectivity index (χ1v) is 8.02. The summed E-state index contributed by atoms with van der Waals surface area (Å²) < 4.78 is 5.37. The first kappa shape index (κ1) is 16.1. The van der Waals surface area contributed by atoms with Crippen molar-refractivity contribution in [3.8, 4) is 5.88 Å². The summed E-state index contributed by atoms with van der Waals surface area (Å²) in [6, 6.07) is 9.77. The number of carbonyl (C=O) groups excluding carboxylic acids is 1. The molecule has 3 rings (SSSR count). The lowest BCUT2D eigenvalue weighted by atomic mass is 10.1. The van der Waals surface area contributed by atoms with Crippen LogP contribution in [-0.2, 0) is 6.54 Å². The molecular weight excluding hydrogens is 302 g/mol. The lowest BCUT2D eigenvalue weighted by molar-refractivity contribution is 0.0946. The van der Waals surface area contributed by atoms with Gasteiger partial charge in [0.2, 0.25) is 5.88 Å². The third kappa shape index (κ3) is 3.40. The molecule has 2 N–H and O–H groups in total. The summed E-state index contributed by atoms with van der Waals surface area (Å²) in [6.07, 6.45) is 1.68. The van der Waals surface area contributed by atoms with Crippen molar-refractivity contribution < 1.29 is 9.53 Å². The second-order valence-electron chi connectivity index (χ2n) is 5.84. The molecule has 24 heavy (non-hydrogen) atoms. The van der Waals surface area contributed by atoms with Crippen LogP contribution in [-0.4, -0.2) is 22.5 Å². The van der Waals surface area contributed by atoms with Crippen LogP contribution >= 0.6 is 0 Å². The van der Waals surface area contributed by atoms with E-state index in [4.69, 9.17) is 4.74 Å². The van der Waals surface area contributed by atoms with E-state index >= 15 is 0 Å². The topological polar surface area (TPSA) is 67.0 Å². The molecule has 0 radical (unpaired) electrons. The van der Waals surface area contributed by atoms with Gasteiger partial charge >= 0.3 is 0 Å². The smallest absolute Gasteiger partial charge is 0.267 e. The fraction of sp³-hybridized carbons (Fsp3) is 0.263. The van der Waals surface area contributed by atoms with E-state index in [-0.39, 0.29) is 5.91 Å². The summed E-state index contributed by atoms with van der Waals surface area (Å²) >= 11 is 0. The van der Waals surface area contributed by atoms with E-state index < -0.39 is 0 Å². The number of ether oxygens (including phenoxy) is 1. The van der Waals surface area contributed by atoms with E-state index in [1.165, 1.54) is 5.56 Å². The number of carbonyl (C=O) groups is 1. The van der Waals surface area contributed by atoms with Crippen LogP contribution in [0.1, 0.15) is 34.1 Å². The highest BCUT2D eigenvalue weighted by molar-refractivity contribution is 5.98. The minimum Gasteiger partial charge on any atom is -0.478 e. The Morgan fingerprint density at radius 1 is 1.25 bits per heavy atom.